The smallest absolute Gasteiger partial charge is 0.243 e. The van der Waals surface area contributed by atoms with Crippen LogP contribution < -0.4 is 29.6 Å². The second-order valence-corrected chi connectivity index (χ2v) is 16.6. The third-order valence-corrected chi connectivity index (χ3v) is 12.1. The molecule has 0 radical (unpaired) electrons. The minimum absolute atomic E-state index is 0.0412. The van der Waals surface area contributed by atoms with Crippen molar-refractivity contribution in [3.63, 3.8) is 0 Å². The number of sulfonamides is 1. The van der Waals surface area contributed by atoms with E-state index >= 15 is 0 Å². The highest BCUT2D eigenvalue weighted by Crippen LogP contribution is 2.36. The Hall–Kier alpha value is -4.65. The molecule has 2 aliphatic rings. The van der Waals surface area contributed by atoms with Gasteiger partial charge in [-0.15, -0.1) is 0 Å². The van der Waals surface area contributed by atoms with Crippen molar-refractivity contribution in [2.45, 2.75) is 108 Å². The summed E-state index contributed by atoms with van der Waals surface area (Å²) in [5, 5.41) is 7.46. The van der Waals surface area contributed by atoms with Gasteiger partial charge < -0.3 is 24.8 Å². The Morgan fingerprint density at radius 1 is 0.833 bits per heavy atom. The fourth-order valence-electron chi connectivity index (χ4n) is 7.43. The van der Waals surface area contributed by atoms with Crippen molar-refractivity contribution >= 4 is 32.6 Å². The third-order valence-electron chi connectivity index (χ3n) is 10.6. The number of amides is 2. The minimum Gasteiger partial charge on any atom is -0.497 e. The first-order chi connectivity index (χ1) is 25.8. The highest BCUT2D eigenvalue weighted by molar-refractivity contribution is 7.89. The first-order valence-corrected chi connectivity index (χ1v) is 20.2. The van der Waals surface area contributed by atoms with Gasteiger partial charge in [0.15, 0.2) is 11.5 Å². The fourth-order valence-corrected chi connectivity index (χ4v) is 8.69. The molecule has 5 atom stereocenters. The molecule has 0 saturated carbocycles. The van der Waals surface area contributed by atoms with Crippen molar-refractivity contribution in [3.8, 4) is 17.2 Å². The van der Waals surface area contributed by atoms with Crippen LogP contribution in [-0.4, -0.2) is 63.2 Å². The highest BCUT2D eigenvalue weighted by atomic mass is 32.2. The average molecular weight is 757 g/mol. The summed E-state index contributed by atoms with van der Waals surface area (Å²) in [5.74, 6) is 0.443. The van der Waals surface area contributed by atoms with Crippen molar-refractivity contribution in [1.29, 1.82) is 0 Å². The fraction of sp³-hybridized carbons (Fsp3) is 0.429. The molecule has 2 heterocycles. The van der Waals surface area contributed by atoms with Gasteiger partial charge >= 0.3 is 0 Å². The quantitative estimate of drug-likeness (QED) is 0.132. The van der Waals surface area contributed by atoms with Gasteiger partial charge in [-0.3, -0.25) is 14.5 Å². The number of carbonyl (C=O) groups excluding carboxylic acids is 2. The zero-order chi connectivity index (χ0) is 38.6. The number of hydrogen-bond acceptors (Lipinski definition) is 8. The second-order valence-electron chi connectivity index (χ2n) is 14.9. The molecule has 0 aromatic heterocycles. The Morgan fingerprint density at radius 2 is 1.50 bits per heavy atom. The van der Waals surface area contributed by atoms with Crippen LogP contribution >= 0.6 is 0 Å². The van der Waals surface area contributed by atoms with Crippen molar-refractivity contribution in [1.82, 2.24) is 20.3 Å². The largest absolute Gasteiger partial charge is 0.497 e. The lowest BCUT2D eigenvalue weighted by Crippen LogP contribution is -2.51. The zero-order valence-electron chi connectivity index (χ0n) is 31.9. The van der Waals surface area contributed by atoms with E-state index in [1.165, 1.54) is 30.9 Å². The Kier molecular flexibility index (Phi) is 12.1. The van der Waals surface area contributed by atoms with E-state index in [-0.39, 0.29) is 36.0 Å². The first kappa shape index (κ1) is 39.1. The molecule has 3 N–H and O–H groups in total. The maximum Gasteiger partial charge on any atom is 0.243 e. The van der Waals surface area contributed by atoms with Gasteiger partial charge in [0.25, 0.3) is 0 Å². The predicted octanol–water partition coefficient (Wildman–Crippen LogP) is 6.56. The van der Waals surface area contributed by atoms with Crippen LogP contribution in [-0.2, 0) is 26.2 Å². The molecule has 0 aliphatic carbocycles. The van der Waals surface area contributed by atoms with Crippen LogP contribution in [0, 0.1) is 0 Å². The second kappa shape index (κ2) is 16.8. The molecule has 4 aromatic carbocycles. The van der Waals surface area contributed by atoms with Crippen LogP contribution in [0.15, 0.2) is 83.8 Å². The van der Waals surface area contributed by atoms with Crippen molar-refractivity contribution in [2.24, 2.45) is 0 Å². The van der Waals surface area contributed by atoms with E-state index < -0.39 is 28.0 Å². The van der Waals surface area contributed by atoms with E-state index in [4.69, 9.17) is 14.2 Å². The Morgan fingerprint density at radius 3 is 2.20 bits per heavy atom. The van der Waals surface area contributed by atoms with E-state index in [1.807, 2.05) is 39.0 Å². The number of nitrogens with one attached hydrogen (secondary N) is 3. The van der Waals surface area contributed by atoms with Crippen LogP contribution in [0.3, 0.4) is 0 Å². The molecule has 12 heteroatoms. The number of fused-ring (bicyclic) bond motifs is 2. The summed E-state index contributed by atoms with van der Waals surface area (Å²) in [6.45, 7) is 11.1. The number of likely N-dealkylation sites (tertiary alicyclic amines) is 1. The summed E-state index contributed by atoms with van der Waals surface area (Å²) in [6, 6.07) is 22.5. The Balaban J connectivity index is 1.23. The summed E-state index contributed by atoms with van der Waals surface area (Å²) in [5.41, 5.74) is 2.61. The van der Waals surface area contributed by atoms with Gasteiger partial charge in [-0.2, -0.15) is 0 Å². The molecular formula is C42H52N4O7S. The summed E-state index contributed by atoms with van der Waals surface area (Å²) >= 11 is 0. The highest BCUT2D eigenvalue weighted by Gasteiger charge is 2.32. The monoisotopic (exact) mass is 756 g/mol. The number of ether oxygens (including phenoxy) is 3. The summed E-state index contributed by atoms with van der Waals surface area (Å²) < 4.78 is 47.0. The lowest BCUT2D eigenvalue weighted by atomic mass is 9.91. The van der Waals surface area contributed by atoms with Gasteiger partial charge in [-0.05, 0) is 104 Å². The number of methoxy groups -OCH3 is 1. The standard InChI is InChI=1S/C42H52N4O7S/c1-26(2)43-42(48)41(29(5)31-12-10-30(11-13-31)24-46-27(3)8-7-9-28(46)4)44-40(47)23-37(34-16-19-38-39(22-34)53-25-52-38)45-54(49,50)36-18-15-32-20-35(51-6)17-14-33(32)21-36/h10-22,26-29,37,41,45H,7-9,23-25H2,1-6H3,(H,43,48)(H,44,47). The molecule has 288 valence electrons. The molecule has 4 aromatic rings. The predicted molar refractivity (Wildman–Crippen MR) is 209 cm³/mol. The van der Waals surface area contributed by atoms with Crippen molar-refractivity contribution in [2.75, 3.05) is 13.9 Å². The van der Waals surface area contributed by atoms with Crippen LogP contribution in [0.5, 0.6) is 17.2 Å². The average Bonchev–Trinajstić information content (AvgIpc) is 3.62. The first-order valence-electron chi connectivity index (χ1n) is 18.7. The molecule has 0 spiro atoms. The number of nitrogens with zero attached hydrogens (tertiary/aromatic N) is 1. The van der Waals surface area contributed by atoms with Crippen LogP contribution in [0.25, 0.3) is 10.8 Å². The van der Waals surface area contributed by atoms with E-state index in [1.54, 1.807) is 49.6 Å². The summed E-state index contributed by atoms with van der Waals surface area (Å²) in [6.07, 6.45) is 3.36. The van der Waals surface area contributed by atoms with Gasteiger partial charge in [-0.1, -0.05) is 55.8 Å². The number of benzene rings is 4. The molecular weight excluding hydrogens is 705 g/mol. The maximum absolute atomic E-state index is 14.0. The van der Waals surface area contributed by atoms with E-state index in [0.29, 0.717) is 40.3 Å². The van der Waals surface area contributed by atoms with E-state index in [9.17, 15) is 18.0 Å². The lowest BCUT2D eigenvalue weighted by molar-refractivity contribution is -0.130. The molecule has 0 bridgehead atoms. The molecule has 1 fully saturated rings. The van der Waals surface area contributed by atoms with Gasteiger partial charge in [0.05, 0.1) is 18.0 Å². The summed E-state index contributed by atoms with van der Waals surface area (Å²) in [7, 11) is -2.56. The van der Waals surface area contributed by atoms with E-state index in [0.717, 1.165) is 17.5 Å². The lowest BCUT2D eigenvalue weighted by Gasteiger charge is -2.39. The molecule has 54 heavy (non-hydrogen) atoms. The van der Waals surface area contributed by atoms with Gasteiger partial charge in [0.2, 0.25) is 28.6 Å². The third kappa shape index (κ3) is 9.17. The summed E-state index contributed by atoms with van der Waals surface area (Å²) in [4.78, 5) is 30.2. The van der Waals surface area contributed by atoms with Crippen LogP contribution in [0.2, 0.25) is 0 Å². The number of carbonyl (C=O) groups is 2. The number of piperidine rings is 1. The molecule has 11 nitrogen and oxygen atoms in total. The Bertz CT molecular complexity index is 2060. The van der Waals surface area contributed by atoms with Gasteiger partial charge in [0, 0.05) is 37.0 Å². The van der Waals surface area contributed by atoms with Crippen LogP contribution in [0.1, 0.15) is 89.0 Å². The number of rotatable bonds is 14. The Labute approximate surface area is 318 Å². The number of hydrogen-bond donors (Lipinski definition) is 3. The normalized spacial score (nSPS) is 18.9. The maximum atomic E-state index is 14.0. The van der Waals surface area contributed by atoms with E-state index in [2.05, 4.69) is 46.2 Å². The van der Waals surface area contributed by atoms with Gasteiger partial charge in [0.1, 0.15) is 11.8 Å². The molecule has 2 amide bonds. The topological polar surface area (TPSA) is 135 Å². The van der Waals surface area contributed by atoms with Gasteiger partial charge in [-0.25, -0.2) is 13.1 Å². The molecule has 2 aliphatic heterocycles. The zero-order valence-corrected chi connectivity index (χ0v) is 32.7. The molecule has 1 saturated heterocycles. The molecule has 5 unspecified atom stereocenters. The van der Waals surface area contributed by atoms with Crippen LogP contribution in [0.4, 0.5) is 0 Å². The minimum atomic E-state index is -4.13. The SMILES string of the molecule is COc1ccc2cc(S(=O)(=O)NC(CC(=O)NC(C(=O)NC(C)C)C(C)c3ccc(CN4C(C)CCCC4C)cc3)c3ccc4c(c3)OCO4)ccc2c1. The van der Waals surface area contributed by atoms with Crippen molar-refractivity contribution < 1.29 is 32.2 Å². The molecule has 6 rings (SSSR count). The van der Waals surface area contributed by atoms with Crippen molar-refractivity contribution in [3.05, 3.63) is 95.6 Å².